The Hall–Kier alpha value is -2.12. The molecule has 6 heteroatoms. The number of hydrogen-bond donors (Lipinski definition) is 1. The van der Waals surface area contributed by atoms with Crippen LogP contribution in [0.1, 0.15) is 6.42 Å². The van der Waals surface area contributed by atoms with Crippen molar-refractivity contribution in [3.63, 3.8) is 0 Å². The van der Waals surface area contributed by atoms with Gasteiger partial charge in [0, 0.05) is 21.3 Å². The number of hydrogen-bond acceptors (Lipinski definition) is 4. The van der Waals surface area contributed by atoms with E-state index in [1.54, 1.807) is 0 Å². The summed E-state index contributed by atoms with van der Waals surface area (Å²) in [7, 11) is -6.36. The van der Waals surface area contributed by atoms with Crippen LogP contribution in [0.15, 0.2) is 106 Å². The van der Waals surface area contributed by atoms with Crippen LogP contribution in [0.4, 0.5) is 0 Å². The lowest BCUT2D eigenvalue weighted by Gasteiger charge is -2.39. The predicted octanol–water partition coefficient (Wildman–Crippen LogP) is 4.61. The highest BCUT2D eigenvalue weighted by Gasteiger charge is 2.37. The van der Waals surface area contributed by atoms with Gasteiger partial charge in [-0.1, -0.05) is 54.6 Å². The van der Waals surface area contributed by atoms with Crippen LogP contribution in [-0.2, 0) is 13.7 Å². The second-order valence-corrected chi connectivity index (χ2v) is 10.5. The molecule has 3 rings (SSSR count). The molecule has 0 heterocycles. The molecular formula is C21H22O4S2. The van der Waals surface area contributed by atoms with Crippen molar-refractivity contribution in [2.45, 2.75) is 21.1 Å². The molecule has 0 saturated carbocycles. The minimum Gasteiger partial charge on any atom is -0.396 e. The normalized spacial score (nSPS) is 12.6. The lowest BCUT2D eigenvalue weighted by atomic mass is 10.4. The van der Waals surface area contributed by atoms with Crippen LogP contribution in [0.5, 0.6) is 0 Å². The number of aliphatic hydroxyl groups excluding tert-OH is 1. The van der Waals surface area contributed by atoms with Gasteiger partial charge in [0.25, 0.3) is 10.1 Å². The molecule has 142 valence electrons. The number of benzene rings is 3. The Kier molecular flexibility index (Phi) is 6.34. The minimum absolute atomic E-state index is 0.135. The zero-order valence-electron chi connectivity index (χ0n) is 14.8. The lowest BCUT2D eigenvalue weighted by Crippen LogP contribution is -2.17. The average Bonchev–Trinajstić information content (AvgIpc) is 2.72. The molecule has 0 fully saturated rings. The molecule has 0 aliphatic heterocycles. The van der Waals surface area contributed by atoms with Crippen LogP contribution in [0.3, 0.4) is 0 Å². The average molecular weight is 403 g/mol. The summed E-state index contributed by atoms with van der Waals surface area (Å²) in [6, 6.07) is 28.4. The first-order chi connectivity index (χ1) is 13.1. The minimum atomic E-state index is -3.87. The van der Waals surface area contributed by atoms with Crippen molar-refractivity contribution >= 4 is 20.4 Å². The summed E-state index contributed by atoms with van der Waals surface area (Å²) in [6.07, 6.45) is 0.135. The standard InChI is InChI=1S/C21H22O4S2/c22-17-10-18-26(23,24)25-27(19-11-4-1-5-12-19,20-13-6-2-7-14-20)21-15-8-3-9-16-21/h1-9,11-16,22H,10,17-18H2. The Morgan fingerprint density at radius 2 is 1.04 bits per heavy atom. The van der Waals surface area contributed by atoms with Gasteiger partial charge in [0.15, 0.2) is 0 Å². The van der Waals surface area contributed by atoms with Crippen LogP contribution in [-0.4, -0.2) is 25.9 Å². The maximum atomic E-state index is 12.8. The van der Waals surface area contributed by atoms with E-state index in [1.807, 2.05) is 91.0 Å². The zero-order chi connectivity index (χ0) is 19.2. The van der Waals surface area contributed by atoms with E-state index in [1.165, 1.54) is 0 Å². The summed E-state index contributed by atoms with van der Waals surface area (Å²) < 4.78 is 31.7. The van der Waals surface area contributed by atoms with Crippen molar-refractivity contribution < 1.29 is 17.2 Å². The Morgan fingerprint density at radius 1 is 0.667 bits per heavy atom. The Morgan fingerprint density at radius 3 is 1.37 bits per heavy atom. The largest absolute Gasteiger partial charge is 0.396 e. The van der Waals surface area contributed by atoms with Gasteiger partial charge in [-0.05, 0) is 53.1 Å². The van der Waals surface area contributed by atoms with E-state index in [0.29, 0.717) is 0 Å². The smallest absolute Gasteiger partial charge is 0.277 e. The van der Waals surface area contributed by atoms with Gasteiger partial charge in [-0.2, -0.15) is 8.42 Å². The van der Waals surface area contributed by atoms with E-state index in [4.69, 9.17) is 8.74 Å². The molecule has 0 amide bonds. The van der Waals surface area contributed by atoms with Crippen LogP contribution in [0.2, 0.25) is 0 Å². The topological polar surface area (TPSA) is 63.6 Å². The summed E-state index contributed by atoms with van der Waals surface area (Å²) in [5.74, 6) is -0.231. The van der Waals surface area contributed by atoms with E-state index >= 15 is 0 Å². The molecule has 0 unspecified atom stereocenters. The first-order valence-corrected chi connectivity index (χ1v) is 11.8. The molecule has 27 heavy (non-hydrogen) atoms. The first-order valence-electron chi connectivity index (χ1n) is 8.62. The molecule has 3 aromatic rings. The summed E-state index contributed by atoms with van der Waals surface area (Å²) in [6.45, 7) is -0.201. The van der Waals surface area contributed by atoms with Crippen LogP contribution in [0.25, 0.3) is 0 Å². The van der Waals surface area contributed by atoms with Gasteiger partial charge in [0.05, 0.1) is 5.75 Å². The third kappa shape index (κ3) is 4.42. The van der Waals surface area contributed by atoms with Gasteiger partial charge in [-0.3, -0.25) is 0 Å². The van der Waals surface area contributed by atoms with Crippen LogP contribution in [0, 0.1) is 0 Å². The van der Waals surface area contributed by atoms with Crippen molar-refractivity contribution in [2.24, 2.45) is 0 Å². The van der Waals surface area contributed by atoms with Gasteiger partial charge < -0.3 is 5.11 Å². The Balaban J connectivity index is 2.26. The second-order valence-electron chi connectivity index (χ2n) is 5.90. The number of aliphatic hydroxyl groups is 1. The van der Waals surface area contributed by atoms with Gasteiger partial charge in [0.1, 0.15) is 0 Å². The predicted molar refractivity (Wildman–Crippen MR) is 108 cm³/mol. The molecule has 0 aliphatic rings. The number of rotatable bonds is 8. The Labute approximate surface area is 162 Å². The van der Waals surface area contributed by atoms with E-state index in [-0.39, 0.29) is 18.8 Å². The van der Waals surface area contributed by atoms with Gasteiger partial charge in [0.2, 0.25) is 0 Å². The van der Waals surface area contributed by atoms with E-state index in [2.05, 4.69) is 0 Å². The Bertz CT molecular complexity index is 847. The summed E-state index contributed by atoms with van der Waals surface area (Å²) in [5.41, 5.74) is 0. The van der Waals surface area contributed by atoms with Crippen LogP contribution >= 0.6 is 10.3 Å². The van der Waals surface area contributed by atoms with Crippen molar-refractivity contribution in [3.05, 3.63) is 91.0 Å². The SMILES string of the molecule is O=S(=O)(CCCO)OS(c1ccccc1)(c1ccccc1)c1ccccc1. The molecular weight excluding hydrogens is 380 g/mol. The fourth-order valence-electron chi connectivity index (χ4n) is 2.79. The van der Waals surface area contributed by atoms with E-state index in [0.717, 1.165) is 14.7 Å². The summed E-state index contributed by atoms with van der Waals surface area (Å²) >= 11 is 0. The molecule has 0 bridgehead atoms. The van der Waals surface area contributed by atoms with Crippen LogP contribution < -0.4 is 0 Å². The fourth-order valence-corrected chi connectivity index (χ4v) is 8.17. The van der Waals surface area contributed by atoms with Crippen molar-refractivity contribution in [1.82, 2.24) is 0 Å². The molecule has 4 nitrogen and oxygen atoms in total. The highest BCUT2D eigenvalue weighted by atomic mass is 32.3. The molecule has 0 aliphatic carbocycles. The quantitative estimate of drug-likeness (QED) is 0.597. The van der Waals surface area contributed by atoms with E-state index in [9.17, 15) is 8.42 Å². The molecule has 0 saturated heterocycles. The van der Waals surface area contributed by atoms with Gasteiger partial charge in [-0.15, -0.1) is 0 Å². The third-order valence-electron chi connectivity index (χ3n) is 3.98. The lowest BCUT2D eigenvalue weighted by molar-refractivity contribution is 0.294. The second kappa shape index (κ2) is 8.71. The summed E-state index contributed by atoms with van der Waals surface area (Å²) in [5, 5.41) is 9.07. The highest BCUT2D eigenvalue weighted by Crippen LogP contribution is 2.69. The molecule has 0 radical (unpaired) electrons. The van der Waals surface area contributed by atoms with Gasteiger partial charge >= 0.3 is 0 Å². The molecule has 0 aromatic heterocycles. The van der Waals surface area contributed by atoms with Crippen molar-refractivity contribution in [2.75, 3.05) is 12.4 Å². The summed E-state index contributed by atoms with van der Waals surface area (Å²) in [4.78, 5) is 2.40. The van der Waals surface area contributed by atoms with E-state index < -0.39 is 20.4 Å². The fraction of sp³-hybridized carbons (Fsp3) is 0.143. The monoisotopic (exact) mass is 402 g/mol. The van der Waals surface area contributed by atoms with Gasteiger partial charge in [-0.25, -0.2) is 3.63 Å². The molecule has 3 aromatic carbocycles. The van der Waals surface area contributed by atoms with Crippen molar-refractivity contribution in [1.29, 1.82) is 0 Å². The maximum Gasteiger partial charge on any atom is 0.277 e. The molecule has 1 N–H and O–H groups in total. The zero-order valence-corrected chi connectivity index (χ0v) is 16.4. The first kappa shape index (κ1) is 19.6. The third-order valence-corrected chi connectivity index (χ3v) is 9.23. The molecule has 0 atom stereocenters. The maximum absolute atomic E-state index is 12.8. The van der Waals surface area contributed by atoms with Crippen molar-refractivity contribution in [3.8, 4) is 0 Å². The highest BCUT2D eigenvalue weighted by molar-refractivity contribution is 8.33. The molecule has 0 spiro atoms.